The number of methoxy groups -OCH3 is 1. The summed E-state index contributed by atoms with van der Waals surface area (Å²) in [6.45, 7) is 5.84. The van der Waals surface area contributed by atoms with Gasteiger partial charge in [0.2, 0.25) is 0 Å². The van der Waals surface area contributed by atoms with Crippen LogP contribution in [0.1, 0.15) is 24.7 Å². The maximum absolute atomic E-state index is 10.9. The highest BCUT2D eigenvalue weighted by Gasteiger charge is 2.11. The molecule has 0 aliphatic heterocycles. The first kappa shape index (κ1) is 14.0. The molecule has 1 heterocycles. The molecule has 0 spiro atoms. The van der Waals surface area contributed by atoms with E-state index >= 15 is 0 Å². The lowest BCUT2D eigenvalue weighted by atomic mass is 10.3. The van der Waals surface area contributed by atoms with Gasteiger partial charge in [-0.2, -0.15) is 5.10 Å². The SMILES string of the molecule is CCn1nc(C)c(Cl)c1CNCCC(=O)OC. The van der Waals surface area contributed by atoms with Gasteiger partial charge in [0, 0.05) is 19.6 Å². The third-order valence-electron chi connectivity index (χ3n) is 2.48. The minimum Gasteiger partial charge on any atom is -0.469 e. The van der Waals surface area contributed by atoms with E-state index in [1.165, 1.54) is 7.11 Å². The third-order valence-corrected chi connectivity index (χ3v) is 2.97. The maximum atomic E-state index is 10.9. The molecule has 1 aromatic rings. The Morgan fingerprint density at radius 2 is 2.29 bits per heavy atom. The van der Waals surface area contributed by atoms with Gasteiger partial charge in [-0.05, 0) is 13.8 Å². The Morgan fingerprint density at radius 3 is 2.88 bits per heavy atom. The summed E-state index contributed by atoms with van der Waals surface area (Å²) in [7, 11) is 1.38. The zero-order chi connectivity index (χ0) is 12.8. The van der Waals surface area contributed by atoms with Crippen LogP contribution in [0.3, 0.4) is 0 Å². The number of rotatable bonds is 6. The fourth-order valence-electron chi connectivity index (χ4n) is 1.54. The topological polar surface area (TPSA) is 56.2 Å². The van der Waals surface area contributed by atoms with E-state index in [0.717, 1.165) is 17.9 Å². The number of halogens is 1. The number of esters is 1. The predicted octanol–water partition coefficient (Wildman–Crippen LogP) is 1.52. The van der Waals surface area contributed by atoms with E-state index < -0.39 is 0 Å². The number of nitrogens with one attached hydrogen (secondary N) is 1. The average Bonchev–Trinajstić information content (AvgIpc) is 2.61. The van der Waals surface area contributed by atoms with Crippen molar-refractivity contribution in [3.8, 4) is 0 Å². The molecule has 1 N–H and O–H groups in total. The van der Waals surface area contributed by atoms with Crippen LogP contribution in [-0.4, -0.2) is 29.4 Å². The summed E-state index contributed by atoms with van der Waals surface area (Å²) in [4.78, 5) is 10.9. The molecule has 5 nitrogen and oxygen atoms in total. The molecule has 0 atom stereocenters. The van der Waals surface area contributed by atoms with Crippen LogP contribution >= 0.6 is 11.6 Å². The first-order valence-corrected chi connectivity index (χ1v) is 5.97. The lowest BCUT2D eigenvalue weighted by molar-refractivity contribution is -0.140. The van der Waals surface area contributed by atoms with Crippen molar-refractivity contribution < 1.29 is 9.53 Å². The minimum absolute atomic E-state index is 0.219. The Labute approximate surface area is 106 Å². The van der Waals surface area contributed by atoms with Gasteiger partial charge in [-0.1, -0.05) is 11.6 Å². The number of hydrogen-bond acceptors (Lipinski definition) is 4. The largest absolute Gasteiger partial charge is 0.469 e. The predicted molar refractivity (Wildman–Crippen MR) is 66.0 cm³/mol. The van der Waals surface area contributed by atoms with E-state index in [2.05, 4.69) is 15.2 Å². The monoisotopic (exact) mass is 259 g/mol. The van der Waals surface area contributed by atoms with Crippen LogP contribution in [0.5, 0.6) is 0 Å². The molecule has 0 fully saturated rings. The van der Waals surface area contributed by atoms with E-state index in [9.17, 15) is 4.79 Å². The molecule has 17 heavy (non-hydrogen) atoms. The standard InChI is InChI=1S/C11H18ClN3O2/c1-4-15-9(11(12)8(2)14-15)7-13-6-5-10(16)17-3/h13H,4-7H2,1-3H3. The first-order valence-electron chi connectivity index (χ1n) is 5.59. The van der Waals surface area contributed by atoms with E-state index in [0.29, 0.717) is 24.5 Å². The van der Waals surface area contributed by atoms with Gasteiger partial charge in [0.15, 0.2) is 0 Å². The van der Waals surface area contributed by atoms with Gasteiger partial charge in [0.25, 0.3) is 0 Å². The van der Waals surface area contributed by atoms with Gasteiger partial charge in [-0.15, -0.1) is 0 Å². The summed E-state index contributed by atoms with van der Waals surface area (Å²) in [5.41, 5.74) is 1.79. The lowest BCUT2D eigenvalue weighted by Gasteiger charge is -2.06. The Balaban J connectivity index is 2.48. The summed E-state index contributed by atoms with van der Waals surface area (Å²) in [6.07, 6.45) is 0.355. The average molecular weight is 260 g/mol. The molecule has 0 bridgehead atoms. The van der Waals surface area contributed by atoms with Gasteiger partial charge in [0.1, 0.15) is 0 Å². The number of hydrogen-bond donors (Lipinski definition) is 1. The summed E-state index contributed by atoms with van der Waals surface area (Å²) in [6, 6.07) is 0. The van der Waals surface area contributed by atoms with Crippen molar-refractivity contribution in [3.05, 3.63) is 16.4 Å². The van der Waals surface area contributed by atoms with Crippen molar-refractivity contribution in [2.45, 2.75) is 33.4 Å². The summed E-state index contributed by atoms with van der Waals surface area (Å²) < 4.78 is 6.42. The summed E-state index contributed by atoms with van der Waals surface area (Å²) in [5, 5.41) is 8.15. The van der Waals surface area contributed by atoms with Crippen LogP contribution in [-0.2, 0) is 22.6 Å². The molecule has 0 aromatic carbocycles. The van der Waals surface area contributed by atoms with Crippen molar-refractivity contribution in [1.29, 1.82) is 0 Å². The highest BCUT2D eigenvalue weighted by atomic mass is 35.5. The Kier molecular flexibility index (Phi) is 5.44. The van der Waals surface area contributed by atoms with Crippen LogP contribution < -0.4 is 5.32 Å². The molecule has 0 aliphatic rings. The molecule has 6 heteroatoms. The van der Waals surface area contributed by atoms with E-state index in [4.69, 9.17) is 11.6 Å². The molecule has 0 saturated heterocycles. The number of carbonyl (C=O) groups is 1. The number of carbonyl (C=O) groups excluding carboxylic acids is 1. The normalized spacial score (nSPS) is 10.6. The number of aryl methyl sites for hydroxylation is 2. The van der Waals surface area contributed by atoms with Crippen molar-refractivity contribution in [2.24, 2.45) is 0 Å². The lowest BCUT2D eigenvalue weighted by Crippen LogP contribution is -2.20. The van der Waals surface area contributed by atoms with Crippen LogP contribution in [0.2, 0.25) is 5.02 Å². The van der Waals surface area contributed by atoms with Crippen LogP contribution in [0.25, 0.3) is 0 Å². The fourth-order valence-corrected chi connectivity index (χ4v) is 1.74. The quantitative estimate of drug-likeness (QED) is 0.622. The molecule has 1 aromatic heterocycles. The number of ether oxygens (including phenoxy) is 1. The Bertz CT molecular complexity index is 390. The molecule has 96 valence electrons. The second-order valence-corrected chi connectivity index (χ2v) is 4.04. The van der Waals surface area contributed by atoms with Gasteiger partial charge < -0.3 is 10.1 Å². The van der Waals surface area contributed by atoms with Crippen LogP contribution in [0.15, 0.2) is 0 Å². The molecule has 0 amide bonds. The minimum atomic E-state index is -0.219. The smallest absolute Gasteiger partial charge is 0.306 e. The Morgan fingerprint density at radius 1 is 1.59 bits per heavy atom. The van der Waals surface area contributed by atoms with Gasteiger partial charge in [0.05, 0.1) is 29.9 Å². The van der Waals surface area contributed by atoms with E-state index in [1.54, 1.807) is 0 Å². The zero-order valence-electron chi connectivity index (χ0n) is 10.4. The molecule has 0 radical (unpaired) electrons. The van der Waals surface area contributed by atoms with Crippen molar-refractivity contribution in [1.82, 2.24) is 15.1 Å². The molecule has 1 rings (SSSR count). The molecule has 0 saturated carbocycles. The number of aromatic nitrogens is 2. The summed E-state index contributed by atoms with van der Waals surface area (Å²) in [5.74, 6) is -0.219. The summed E-state index contributed by atoms with van der Waals surface area (Å²) >= 11 is 6.15. The second kappa shape index (κ2) is 6.61. The van der Waals surface area contributed by atoms with Crippen LogP contribution in [0, 0.1) is 6.92 Å². The van der Waals surface area contributed by atoms with E-state index in [1.807, 2.05) is 18.5 Å². The maximum Gasteiger partial charge on any atom is 0.306 e. The molecular weight excluding hydrogens is 242 g/mol. The molecular formula is C11H18ClN3O2. The first-order chi connectivity index (χ1) is 8.10. The second-order valence-electron chi connectivity index (χ2n) is 3.66. The van der Waals surface area contributed by atoms with Crippen molar-refractivity contribution in [3.63, 3.8) is 0 Å². The van der Waals surface area contributed by atoms with Crippen molar-refractivity contribution in [2.75, 3.05) is 13.7 Å². The highest BCUT2D eigenvalue weighted by Crippen LogP contribution is 2.19. The highest BCUT2D eigenvalue weighted by molar-refractivity contribution is 6.31. The molecule has 0 unspecified atom stereocenters. The zero-order valence-corrected chi connectivity index (χ0v) is 11.2. The fraction of sp³-hybridized carbons (Fsp3) is 0.636. The number of nitrogens with zero attached hydrogens (tertiary/aromatic N) is 2. The van der Waals surface area contributed by atoms with Crippen molar-refractivity contribution >= 4 is 17.6 Å². The van der Waals surface area contributed by atoms with Gasteiger partial charge in [-0.25, -0.2) is 0 Å². The van der Waals surface area contributed by atoms with Gasteiger partial charge in [-0.3, -0.25) is 9.48 Å². The van der Waals surface area contributed by atoms with E-state index in [-0.39, 0.29) is 5.97 Å². The third kappa shape index (κ3) is 3.71. The molecule has 0 aliphatic carbocycles. The van der Waals surface area contributed by atoms with Gasteiger partial charge >= 0.3 is 5.97 Å². The Hall–Kier alpha value is -1.07. The van der Waals surface area contributed by atoms with Crippen LogP contribution in [0.4, 0.5) is 0 Å².